The summed E-state index contributed by atoms with van der Waals surface area (Å²) < 4.78 is 63.0. The summed E-state index contributed by atoms with van der Waals surface area (Å²) in [4.78, 5) is 28.7. The molecule has 1 atom stereocenters. The molecule has 1 aliphatic heterocycles. The van der Waals surface area contributed by atoms with Gasteiger partial charge in [-0.15, -0.1) is 0 Å². The summed E-state index contributed by atoms with van der Waals surface area (Å²) in [6.07, 6.45) is -2.36. The molecule has 0 aliphatic carbocycles. The Labute approximate surface area is 214 Å². The first-order valence-corrected chi connectivity index (χ1v) is 11.5. The highest BCUT2D eigenvalue weighted by atomic mass is 19.4. The first-order chi connectivity index (χ1) is 17.9. The number of halogens is 4. The van der Waals surface area contributed by atoms with E-state index in [1.54, 1.807) is 6.07 Å². The lowest BCUT2D eigenvalue weighted by atomic mass is 9.86. The molecule has 1 aliphatic rings. The zero-order valence-electron chi connectivity index (χ0n) is 20.2. The Morgan fingerprint density at radius 1 is 1.16 bits per heavy atom. The van der Waals surface area contributed by atoms with Crippen LogP contribution < -0.4 is 15.2 Å². The Morgan fingerprint density at radius 2 is 1.87 bits per heavy atom. The van der Waals surface area contributed by atoms with Crippen LogP contribution in [0.3, 0.4) is 0 Å². The summed E-state index contributed by atoms with van der Waals surface area (Å²) in [6, 6.07) is 6.71. The second-order valence-corrected chi connectivity index (χ2v) is 8.87. The molecule has 4 rings (SSSR count). The highest BCUT2D eigenvalue weighted by Gasteiger charge is 2.36. The number of hydrogen-bond acceptors (Lipinski definition) is 9. The van der Waals surface area contributed by atoms with Crippen molar-refractivity contribution in [3.05, 3.63) is 65.6 Å². The lowest BCUT2D eigenvalue weighted by Gasteiger charge is -2.33. The first kappa shape index (κ1) is 27.0. The number of piperidine rings is 1. The molecule has 38 heavy (non-hydrogen) atoms. The van der Waals surface area contributed by atoms with Gasteiger partial charge in [0.25, 0.3) is 0 Å². The Kier molecular flexibility index (Phi) is 7.62. The highest BCUT2D eigenvalue weighted by Crippen LogP contribution is 2.35. The molecule has 1 amide bonds. The second-order valence-electron chi connectivity index (χ2n) is 8.87. The molecule has 1 unspecified atom stereocenters. The van der Waals surface area contributed by atoms with E-state index in [1.165, 1.54) is 36.2 Å². The van der Waals surface area contributed by atoms with Crippen molar-refractivity contribution in [3.63, 3.8) is 0 Å². The van der Waals surface area contributed by atoms with Gasteiger partial charge in [-0.05, 0) is 31.9 Å². The number of carbonyl (C=O) groups excluding carboxylic acids is 1. The van der Waals surface area contributed by atoms with Gasteiger partial charge in [0.1, 0.15) is 12.2 Å². The van der Waals surface area contributed by atoms with Crippen LogP contribution in [-0.2, 0) is 11.8 Å². The van der Waals surface area contributed by atoms with Gasteiger partial charge in [-0.25, -0.2) is 24.1 Å². The van der Waals surface area contributed by atoms with Crippen molar-refractivity contribution in [3.8, 4) is 11.6 Å². The van der Waals surface area contributed by atoms with Crippen molar-refractivity contribution < 1.29 is 36.9 Å². The van der Waals surface area contributed by atoms with E-state index in [2.05, 4.69) is 19.9 Å². The minimum absolute atomic E-state index is 0.0347. The minimum atomic E-state index is -4.75. The standard InChI is InChI=1S/C24H24F4N6O4/c1-23(36,13-37-18-6-9-30-20(32-18)24(26,27)28)15-12-31-21(29)33-19(15)14-7-10-34(11-8-14)22(35)38-17-5-3-2-4-16(17)25/h2-6,9,12,14,36H,7-8,10-11,13H2,1H3,(H2,29,31,33). The van der Waals surface area contributed by atoms with E-state index in [0.717, 1.165) is 12.3 Å². The average Bonchev–Trinajstić information content (AvgIpc) is 2.88. The van der Waals surface area contributed by atoms with Gasteiger partial charge < -0.3 is 25.2 Å². The maximum Gasteiger partial charge on any atom is 0.451 e. The zero-order chi connectivity index (χ0) is 27.5. The smallest absolute Gasteiger partial charge is 0.451 e. The van der Waals surface area contributed by atoms with Gasteiger partial charge in [-0.2, -0.15) is 18.2 Å². The van der Waals surface area contributed by atoms with Gasteiger partial charge in [0.05, 0.1) is 5.69 Å². The molecule has 0 spiro atoms. The van der Waals surface area contributed by atoms with E-state index >= 15 is 0 Å². The third-order valence-corrected chi connectivity index (χ3v) is 5.98. The first-order valence-electron chi connectivity index (χ1n) is 11.5. The number of nitrogens with two attached hydrogens (primary N) is 1. The lowest BCUT2D eigenvalue weighted by molar-refractivity contribution is -0.145. The summed E-state index contributed by atoms with van der Waals surface area (Å²) in [7, 11) is 0. The maximum atomic E-state index is 13.8. The molecule has 1 aromatic carbocycles. The quantitative estimate of drug-likeness (QED) is 0.452. The van der Waals surface area contributed by atoms with Crippen LogP contribution in [0.2, 0.25) is 0 Å². The number of nitrogen functional groups attached to an aromatic ring is 1. The molecular weight excluding hydrogens is 512 g/mol. The number of nitrogens with zero attached hydrogens (tertiary/aromatic N) is 5. The monoisotopic (exact) mass is 536 g/mol. The average molecular weight is 536 g/mol. The van der Waals surface area contributed by atoms with Crippen LogP contribution in [0.25, 0.3) is 0 Å². The number of amides is 1. The number of alkyl halides is 3. The maximum absolute atomic E-state index is 13.8. The van der Waals surface area contributed by atoms with Crippen LogP contribution in [-0.4, -0.2) is 55.7 Å². The van der Waals surface area contributed by atoms with Gasteiger partial charge in [0, 0.05) is 43.0 Å². The van der Waals surface area contributed by atoms with Gasteiger partial charge in [0.15, 0.2) is 11.6 Å². The van der Waals surface area contributed by atoms with Crippen LogP contribution in [0.5, 0.6) is 11.6 Å². The van der Waals surface area contributed by atoms with Gasteiger partial charge in [0.2, 0.25) is 17.7 Å². The summed E-state index contributed by atoms with van der Waals surface area (Å²) in [5.74, 6) is -2.84. The topological polar surface area (TPSA) is 137 Å². The Hall–Kier alpha value is -4.07. The van der Waals surface area contributed by atoms with E-state index in [-0.39, 0.29) is 42.1 Å². The fraction of sp³-hybridized carbons (Fsp3) is 0.375. The van der Waals surface area contributed by atoms with Crippen molar-refractivity contribution in [2.45, 2.75) is 37.5 Å². The number of para-hydroxylation sites is 1. The predicted molar refractivity (Wildman–Crippen MR) is 125 cm³/mol. The summed E-state index contributed by atoms with van der Waals surface area (Å²) in [6.45, 7) is 1.47. The van der Waals surface area contributed by atoms with Crippen LogP contribution in [0.4, 0.5) is 28.3 Å². The Morgan fingerprint density at radius 3 is 2.55 bits per heavy atom. The van der Waals surface area contributed by atoms with Crippen molar-refractivity contribution >= 4 is 12.0 Å². The van der Waals surface area contributed by atoms with Crippen molar-refractivity contribution in [1.29, 1.82) is 0 Å². The largest absolute Gasteiger partial charge is 0.474 e. The SMILES string of the molecule is CC(O)(COc1ccnc(C(F)(F)F)n1)c1cnc(N)nc1C1CCN(C(=O)Oc2ccccc2F)CC1. The number of benzene rings is 1. The predicted octanol–water partition coefficient (Wildman–Crippen LogP) is 3.67. The third kappa shape index (κ3) is 6.25. The molecule has 1 saturated heterocycles. The number of aromatic nitrogens is 4. The number of aliphatic hydroxyl groups is 1. The lowest BCUT2D eigenvalue weighted by Crippen LogP contribution is -2.40. The van der Waals surface area contributed by atoms with E-state index in [1.807, 2.05) is 0 Å². The van der Waals surface area contributed by atoms with E-state index in [4.69, 9.17) is 15.2 Å². The summed E-state index contributed by atoms with van der Waals surface area (Å²) in [5.41, 5.74) is 4.76. The van der Waals surface area contributed by atoms with Crippen molar-refractivity contribution in [2.75, 3.05) is 25.4 Å². The minimum Gasteiger partial charge on any atom is -0.474 e. The Balaban J connectivity index is 1.45. The molecule has 0 radical (unpaired) electrons. The van der Waals surface area contributed by atoms with Crippen LogP contribution in [0.15, 0.2) is 42.7 Å². The third-order valence-electron chi connectivity index (χ3n) is 5.98. The number of carbonyl (C=O) groups is 1. The molecule has 0 bridgehead atoms. The van der Waals surface area contributed by atoms with E-state index < -0.39 is 36.1 Å². The molecule has 3 aromatic rings. The molecule has 14 heteroatoms. The van der Waals surface area contributed by atoms with Crippen molar-refractivity contribution in [1.82, 2.24) is 24.8 Å². The van der Waals surface area contributed by atoms with Gasteiger partial charge in [-0.3, -0.25) is 0 Å². The molecule has 1 fully saturated rings. The number of rotatable bonds is 6. The number of likely N-dealkylation sites (tertiary alicyclic amines) is 1. The number of anilines is 1. The normalized spacial score (nSPS) is 16.1. The molecule has 3 heterocycles. The van der Waals surface area contributed by atoms with Crippen LogP contribution in [0.1, 0.15) is 42.8 Å². The molecular formula is C24H24F4N6O4. The molecule has 0 saturated carbocycles. The zero-order valence-corrected chi connectivity index (χ0v) is 20.2. The second kappa shape index (κ2) is 10.7. The van der Waals surface area contributed by atoms with Crippen LogP contribution >= 0.6 is 0 Å². The molecule has 2 aromatic heterocycles. The number of ether oxygens (including phenoxy) is 2. The fourth-order valence-electron chi connectivity index (χ4n) is 4.01. The summed E-state index contributed by atoms with van der Waals surface area (Å²) in [5, 5.41) is 11.2. The van der Waals surface area contributed by atoms with E-state index in [0.29, 0.717) is 18.5 Å². The van der Waals surface area contributed by atoms with E-state index in [9.17, 15) is 27.5 Å². The molecule has 10 nitrogen and oxygen atoms in total. The van der Waals surface area contributed by atoms with Gasteiger partial charge >= 0.3 is 12.3 Å². The highest BCUT2D eigenvalue weighted by molar-refractivity contribution is 5.70. The summed E-state index contributed by atoms with van der Waals surface area (Å²) >= 11 is 0. The van der Waals surface area contributed by atoms with Gasteiger partial charge in [-0.1, -0.05) is 12.1 Å². The number of hydrogen-bond donors (Lipinski definition) is 2. The molecule has 3 N–H and O–H groups in total. The molecule has 202 valence electrons. The Bertz CT molecular complexity index is 1300. The van der Waals surface area contributed by atoms with Crippen molar-refractivity contribution in [2.24, 2.45) is 0 Å². The van der Waals surface area contributed by atoms with Crippen LogP contribution in [0, 0.1) is 5.82 Å². The fourth-order valence-corrected chi connectivity index (χ4v) is 4.01.